The summed E-state index contributed by atoms with van der Waals surface area (Å²) in [6.07, 6.45) is 5.60. The number of fused-ring (bicyclic) bond motifs is 3. The van der Waals surface area contributed by atoms with Crippen molar-refractivity contribution in [2.45, 2.75) is 11.8 Å². The van der Waals surface area contributed by atoms with Crippen LogP contribution in [0.15, 0.2) is 43.0 Å². The molecular formula is C17H16N4O. The Morgan fingerprint density at radius 1 is 1.27 bits per heavy atom. The molecule has 1 fully saturated rings. The number of H-pyrrole nitrogens is 1. The molecule has 2 aromatic heterocycles. The van der Waals surface area contributed by atoms with Crippen molar-refractivity contribution in [3.05, 3.63) is 54.2 Å². The molecule has 110 valence electrons. The van der Waals surface area contributed by atoms with Gasteiger partial charge in [0.25, 0.3) is 0 Å². The minimum Gasteiger partial charge on any atom is -0.493 e. The van der Waals surface area contributed by atoms with Crippen LogP contribution in [-0.4, -0.2) is 26.4 Å². The van der Waals surface area contributed by atoms with Gasteiger partial charge in [0.2, 0.25) is 0 Å². The second-order valence-corrected chi connectivity index (χ2v) is 6.11. The fourth-order valence-electron chi connectivity index (χ4n) is 3.81. The molecule has 0 radical (unpaired) electrons. The van der Waals surface area contributed by atoms with Gasteiger partial charge in [0.15, 0.2) is 0 Å². The van der Waals surface area contributed by atoms with Gasteiger partial charge >= 0.3 is 0 Å². The molecule has 22 heavy (non-hydrogen) atoms. The predicted octanol–water partition coefficient (Wildman–Crippen LogP) is 2.70. The molecule has 1 aromatic carbocycles. The van der Waals surface area contributed by atoms with E-state index in [1.807, 2.05) is 30.2 Å². The van der Waals surface area contributed by atoms with E-state index in [2.05, 4.69) is 33.3 Å². The molecule has 1 aliphatic carbocycles. The van der Waals surface area contributed by atoms with Crippen LogP contribution >= 0.6 is 0 Å². The van der Waals surface area contributed by atoms with Gasteiger partial charge in [-0.2, -0.15) is 5.10 Å². The lowest BCUT2D eigenvalue weighted by atomic mass is 10.0. The maximum absolute atomic E-state index is 5.95. The summed E-state index contributed by atoms with van der Waals surface area (Å²) in [5.41, 5.74) is 4.78. The number of hydrogen-bond donors (Lipinski definition) is 1. The van der Waals surface area contributed by atoms with Gasteiger partial charge in [0.1, 0.15) is 5.75 Å². The van der Waals surface area contributed by atoms with Gasteiger partial charge in [-0.05, 0) is 29.8 Å². The Kier molecular flexibility index (Phi) is 2.31. The quantitative estimate of drug-likeness (QED) is 0.790. The van der Waals surface area contributed by atoms with Crippen LogP contribution in [0.5, 0.6) is 5.75 Å². The van der Waals surface area contributed by atoms with Crippen molar-refractivity contribution in [2.24, 2.45) is 13.0 Å². The summed E-state index contributed by atoms with van der Waals surface area (Å²) in [5.74, 6) is 2.58. The molecule has 5 heteroatoms. The SMILES string of the molecule is Cn1nccc1-c1ccc2c(c1)[C@@H]1[C@H](CO2)[C@@H]1c1c[nH]cn1. The molecule has 0 saturated heterocycles. The van der Waals surface area contributed by atoms with E-state index in [4.69, 9.17) is 4.74 Å². The first-order valence-electron chi connectivity index (χ1n) is 7.57. The molecule has 1 N–H and O–H groups in total. The number of aryl methyl sites for hydroxylation is 1. The second-order valence-electron chi connectivity index (χ2n) is 6.11. The van der Waals surface area contributed by atoms with Crippen LogP contribution < -0.4 is 4.74 Å². The monoisotopic (exact) mass is 292 g/mol. The fraction of sp³-hybridized carbons (Fsp3) is 0.294. The van der Waals surface area contributed by atoms with Gasteiger partial charge < -0.3 is 9.72 Å². The largest absolute Gasteiger partial charge is 0.493 e. The Hall–Kier alpha value is -2.56. The number of aromatic nitrogens is 4. The first kappa shape index (κ1) is 12.0. The zero-order chi connectivity index (χ0) is 14.7. The molecular weight excluding hydrogens is 276 g/mol. The second kappa shape index (κ2) is 4.22. The minimum atomic E-state index is 0.481. The maximum atomic E-state index is 5.95. The molecule has 3 aromatic rings. The topological polar surface area (TPSA) is 55.7 Å². The van der Waals surface area contributed by atoms with Crippen LogP contribution in [0.1, 0.15) is 23.1 Å². The highest BCUT2D eigenvalue weighted by Crippen LogP contribution is 2.64. The third-order valence-corrected chi connectivity index (χ3v) is 4.95. The lowest BCUT2D eigenvalue weighted by Gasteiger charge is -2.17. The number of imidazole rings is 1. The van der Waals surface area contributed by atoms with Crippen molar-refractivity contribution in [1.82, 2.24) is 19.7 Å². The standard InChI is InChI=1S/C17H16N4O/c1-21-14(4-5-20-21)10-2-3-15-11(6-10)16-12(8-22-15)17(16)13-7-18-9-19-13/h2-7,9,12,16-17H,8H2,1H3,(H,18,19)/t12-,16+,17+/m0/s1. The minimum absolute atomic E-state index is 0.481. The molecule has 0 unspecified atom stereocenters. The molecule has 5 nitrogen and oxygen atoms in total. The third kappa shape index (κ3) is 1.59. The number of rotatable bonds is 2. The van der Waals surface area contributed by atoms with Crippen LogP contribution in [-0.2, 0) is 7.05 Å². The van der Waals surface area contributed by atoms with E-state index in [1.54, 1.807) is 6.33 Å². The summed E-state index contributed by atoms with van der Waals surface area (Å²) in [7, 11) is 1.97. The predicted molar refractivity (Wildman–Crippen MR) is 81.7 cm³/mol. The van der Waals surface area contributed by atoms with Crippen LogP contribution in [0.2, 0.25) is 0 Å². The average molecular weight is 292 g/mol. The van der Waals surface area contributed by atoms with Crippen molar-refractivity contribution >= 4 is 0 Å². The Balaban J connectivity index is 1.57. The van der Waals surface area contributed by atoms with Crippen molar-refractivity contribution in [2.75, 3.05) is 6.61 Å². The molecule has 0 spiro atoms. The summed E-state index contributed by atoms with van der Waals surface area (Å²) >= 11 is 0. The van der Waals surface area contributed by atoms with E-state index >= 15 is 0 Å². The van der Waals surface area contributed by atoms with Crippen LogP contribution in [0.3, 0.4) is 0 Å². The number of nitrogens with one attached hydrogen (secondary N) is 1. The molecule has 0 bridgehead atoms. The van der Waals surface area contributed by atoms with Crippen LogP contribution in [0.25, 0.3) is 11.3 Å². The molecule has 5 rings (SSSR count). The highest BCUT2D eigenvalue weighted by atomic mass is 16.5. The maximum Gasteiger partial charge on any atom is 0.122 e. The molecule has 2 aliphatic rings. The van der Waals surface area contributed by atoms with Crippen LogP contribution in [0.4, 0.5) is 0 Å². The number of nitrogens with zero attached hydrogens (tertiary/aromatic N) is 3. The first-order valence-corrected chi connectivity index (χ1v) is 7.57. The zero-order valence-corrected chi connectivity index (χ0v) is 12.2. The third-order valence-electron chi connectivity index (χ3n) is 4.95. The summed E-state index contributed by atoms with van der Waals surface area (Å²) in [5, 5.41) is 4.26. The Bertz CT molecular complexity index is 836. The summed E-state index contributed by atoms with van der Waals surface area (Å²) < 4.78 is 7.85. The van der Waals surface area contributed by atoms with Gasteiger partial charge in [-0.15, -0.1) is 0 Å². The van der Waals surface area contributed by atoms with Gasteiger partial charge in [-0.25, -0.2) is 4.98 Å². The molecule has 3 heterocycles. The number of aromatic amines is 1. The highest BCUT2D eigenvalue weighted by molar-refractivity contribution is 5.64. The summed E-state index contributed by atoms with van der Waals surface area (Å²) in [6, 6.07) is 8.51. The normalized spacial score (nSPS) is 25.2. The van der Waals surface area contributed by atoms with E-state index in [-0.39, 0.29) is 0 Å². The molecule has 1 saturated carbocycles. The number of hydrogen-bond acceptors (Lipinski definition) is 3. The zero-order valence-electron chi connectivity index (χ0n) is 12.2. The van der Waals surface area contributed by atoms with E-state index in [0.29, 0.717) is 17.8 Å². The number of ether oxygens (including phenoxy) is 1. The van der Waals surface area contributed by atoms with E-state index in [1.165, 1.54) is 11.1 Å². The molecule has 0 amide bonds. The Morgan fingerprint density at radius 3 is 3.00 bits per heavy atom. The van der Waals surface area contributed by atoms with Gasteiger partial charge in [0, 0.05) is 42.8 Å². The van der Waals surface area contributed by atoms with Gasteiger partial charge in [0.05, 0.1) is 24.3 Å². The van der Waals surface area contributed by atoms with E-state index in [9.17, 15) is 0 Å². The van der Waals surface area contributed by atoms with Crippen LogP contribution in [0, 0.1) is 5.92 Å². The fourth-order valence-corrected chi connectivity index (χ4v) is 3.81. The Labute approximate surface area is 128 Å². The summed E-state index contributed by atoms with van der Waals surface area (Å²) in [4.78, 5) is 7.50. The van der Waals surface area contributed by atoms with Crippen molar-refractivity contribution in [1.29, 1.82) is 0 Å². The lowest BCUT2D eigenvalue weighted by molar-refractivity contribution is 0.277. The average Bonchev–Trinajstić information content (AvgIpc) is 2.90. The Morgan fingerprint density at radius 2 is 2.23 bits per heavy atom. The highest BCUT2D eigenvalue weighted by Gasteiger charge is 2.56. The summed E-state index contributed by atoms with van der Waals surface area (Å²) in [6.45, 7) is 0.792. The molecule has 3 atom stereocenters. The first-order chi connectivity index (χ1) is 10.8. The number of benzene rings is 1. The smallest absolute Gasteiger partial charge is 0.122 e. The van der Waals surface area contributed by atoms with Gasteiger partial charge in [-0.3, -0.25) is 4.68 Å². The van der Waals surface area contributed by atoms with Crippen molar-refractivity contribution in [3.63, 3.8) is 0 Å². The lowest BCUT2D eigenvalue weighted by Crippen LogP contribution is -2.08. The van der Waals surface area contributed by atoms with E-state index in [0.717, 1.165) is 23.7 Å². The van der Waals surface area contributed by atoms with Gasteiger partial charge in [-0.1, -0.05) is 0 Å². The molecule has 1 aliphatic heterocycles. The van der Waals surface area contributed by atoms with Crippen molar-refractivity contribution < 1.29 is 4.74 Å². The van der Waals surface area contributed by atoms with Crippen molar-refractivity contribution in [3.8, 4) is 17.0 Å². The van der Waals surface area contributed by atoms with E-state index < -0.39 is 0 Å².